The molecule has 0 bridgehead atoms. The molecule has 1 rings (SSSR count). The lowest BCUT2D eigenvalue weighted by molar-refractivity contribution is -0.130. The Morgan fingerprint density at radius 3 is 2.40 bits per heavy atom. The molecule has 5 heteroatoms. The van der Waals surface area contributed by atoms with Crippen LogP contribution in [0.1, 0.15) is 0 Å². The van der Waals surface area contributed by atoms with E-state index in [1.165, 1.54) is 0 Å². The van der Waals surface area contributed by atoms with E-state index in [2.05, 4.69) is 4.74 Å². The number of aliphatic hydroxyl groups excluding tert-OH is 2. The van der Waals surface area contributed by atoms with Gasteiger partial charge < -0.3 is 20.7 Å². The van der Waals surface area contributed by atoms with Gasteiger partial charge in [0.15, 0.2) is 6.10 Å². The van der Waals surface area contributed by atoms with E-state index in [4.69, 9.17) is 15.9 Å². The Bertz CT molecular complexity index is 149. The van der Waals surface area contributed by atoms with Crippen LogP contribution in [-0.2, 0) is 9.53 Å². The van der Waals surface area contributed by atoms with Gasteiger partial charge in [0, 0.05) is 0 Å². The van der Waals surface area contributed by atoms with Crippen molar-refractivity contribution >= 4 is 5.91 Å². The third kappa shape index (κ3) is 1.11. The lowest BCUT2D eigenvalue weighted by Gasteiger charge is -2.09. The van der Waals surface area contributed by atoms with Crippen molar-refractivity contribution in [1.82, 2.24) is 0 Å². The summed E-state index contributed by atoms with van der Waals surface area (Å²) in [7, 11) is 0. The van der Waals surface area contributed by atoms with Crippen LogP contribution in [0.4, 0.5) is 0 Å². The molecule has 3 atom stereocenters. The first kappa shape index (κ1) is 7.46. The van der Waals surface area contributed by atoms with Gasteiger partial charge in [0.25, 0.3) is 0 Å². The van der Waals surface area contributed by atoms with Gasteiger partial charge in [-0.2, -0.15) is 0 Å². The van der Waals surface area contributed by atoms with Crippen molar-refractivity contribution in [3.8, 4) is 0 Å². The zero-order chi connectivity index (χ0) is 7.72. The molecule has 0 radical (unpaired) electrons. The Kier molecular flexibility index (Phi) is 1.89. The van der Waals surface area contributed by atoms with Gasteiger partial charge in [-0.25, -0.2) is 0 Å². The summed E-state index contributed by atoms with van der Waals surface area (Å²) in [5.74, 6) is -0.746. The van der Waals surface area contributed by atoms with Gasteiger partial charge in [0.2, 0.25) is 5.91 Å². The summed E-state index contributed by atoms with van der Waals surface area (Å²) in [4.78, 5) is 10.4. The SMILES string of the molecule is NC(=O)[C@H]1OC[C@H](O)[C@@H]1O. The molecule has 1 heterocycles. The van der Waals surface area contributed by atoms with Gasteiger partial charge in [0.05, 0.1) is 6.61 Å². The minimum absolute atomic E-state index is 0.0330. The minimum Gasteiger partial charge on any atom is -0.388 e. The second-order valence-electron chi connectivity index (χ2n) is 2.21. The predicted molar refractivity (Wildman–Crippen MR) is 30.9 cm³/mol. The number of primary amides is 1. The number of carbonyl (C=O) groups excluding carboxylic acids is 1. The molecule has 1 aliphatic heterocycles. The van der Waals surface area contributed by atoms with Crippen LogP contribution in [0.15, 0.2) is 0 Å². The van der Waals surface area contributed by atoms with Crippen LogP contribution in [0.2, 0.25) is 0 Å². The van der Waals surface area contributed by atoms with Gasteiger partial charge >= 0.3 is 0 Å². The fraction of sp³-hybridized carbons (Fsp3) is 0.800. The highest BCUT2D eigenvalue weighted by atomic mass is 16.5. The molecule has 0 unspecified atom stereocenters. The normalized spacial score (nSPS) is 40.0. The minimum atomic E-state index is -1.17. The summed E-state index contributed by atoms with van der Waals surface area (Å²) in [6, 6.07) is 0. The Morgan fingerprint density at radius 2 is 2.20 bits per heavy atom. The van der Waals surface area contributed by atoms with Crippen molar-refractivity contribution in [1.29, 1.82) is 0 Å². The second-order valence-corrected chi connectivity index (χ2v) is 2.21. The van der Waals surface area contributed by atoms with E-state index < -0.39 is 24.2 Å². The van der Waals surface area contributed by atoms with Gasteiger partial charge in [-0.3, -0.25) is 4.79 Å². The molecule has 0 aromatic rings. The molecule has 1 amide bonds. The molecule has 1 saturated heterocycles. The number of carbonyl (C=O) groups is 1. The molecule has 0 spiro atoms. The quantitative estimate of drug-likeness (QED) is 0.385. The standard InChI is InChI=1S/C5H9NO4/c6-5(9)4-3(8)2(7)1-10-4/h2-4,7-8H,1H2,(H2,6,9)/t2-,3-,4-/m0/s1. The summed E-state index contributed by atoms with van der Waals surface area (Å²) in [5, 5.41) is 17.8. The highest BCUT2D eigenvalue weighted by molar-refractivity contribution is 5.79. The van der Waals surface area contributed by atoms with E-state index in [9.17, 15) is 4.79 Å². The number of ether oxygens (including phenoxy) is 1. The summed E-state index contributed by atoms with van der Waals surface area (Å²) >= 11 is 0. The van der Waals surface area contributed by atoms with E-state index in [0.717, 1.165) is 0 Å². The molecule has 1 fully saturated rings. The average Bonchev–Trinajstić information content (AvgIpc) is 2.14. The molecule has 0 aromatic carbocycles. The van der Waals surface area contributed by atoms with Crippen LogP contribution in [0, 0.1) is 0 Å². The summed E-state index contributed by atoms with van der Waals surface area (Å²) < 4.78 is 4.66. The number of hydrogen-bond acceptors (Lipinski definition) is 4. The van der Waals surface area contributed by atoms with Gasteiger partial charge in [0.1, 0.15) is 12.2 Å². The van der Waals surface area contributed by atoms with Crippen molar-refractivity contribution in [3.05, 3.63) is 0 Å². The molecular weight excluding hydrogens is 138 g/mol. The van der Waals surface area contributed by atoms with Crippen LogP contribution in [0.5, 0.6) is 0 Å². The Morgan fingerprint density at radius 1 is 1.60 bits per heavy atom. The smallest absolute Gasteiger partial charge is 0.249 e. The molecule has 58 valence electrons. The first-order valence-corrected chi connectivity index (χ1v) is 2.90. The van der Waals surface area contributed by atoms with Crippen molar-refractivity contribution in [2.45, 2.75) is 18.3 Å². The molecule has 0 aliphatic carbocycles. The van der Waals surface area contributed by atoms with Crippen LogP contribution in [0.25, 0.3) is 0 Å². The van der Waals surface area contributed by atoms with Crippen LogP contribution >= 0.6 is 0 Å². The zero-order valence-electron chi connectivity index (χ0n) is 5.23. The third-order valence-corrected chi connectivity index (χ3v) is 1.43. The number of rotatable bonds is 1. The maximum Gasteiger partial charge on any atom is 0.249 e. The molecule has 0 aromatic heterocycles. The lowest BCUT2D eigenvalue weighted by Crippen LogP contribution is -2.39. The van der Waals surface area contributed by atoms with Crippen LogP contribution < -0.4 is 5.73 Å². The van der Waals surface area contributed by atoms with E-state index in [-0.39, 0.29) is 6.61 Å². The van der Waals surface area contributed by atoms with Gasteiger partial charge in [-0.05, 0) is 0 Å². The van der Waals surface area contributed by atoms with E-state index in [1.54, 1.807) is 0 Å². The van der Waals surface area contributed by atoms with Crippen molar-refractivity contribution in [2.75, 3.05) is 6.61 Å². The fourth-order valence-corrected chi connectivity index (χ4v) is 0.852. The number of aliphatic hydroxyl groups is 2. The van der Waals surface area contributed by atoms with Gasteiger partial charge in [-0.1, -0.05) is 0 Å². The van der Waals surface area contributed by atoms with Crippen LogP contribution in [0.3, 0.4) is 0 Å². The van der Waals surface area contributed by atoms with Crippen molar-refractivity contribution in [2.24, 2.45) is 5.73 Å². The largest absolute Gasteiger partial charge is 0.388 e. The predicted octanol–water partition coefficient (Wildman–Crippen LogP) is -2.41. The average molecular weight is 147 g/mol. The van der Waals surface area contributed by atoms with Gasteiger partial charge in [-0.15, -0.1) is 0 Å². The Hall–Kier alpha value is -0.650. The Balaban J connectivity index is 2.57. The van der Waals surface area contributed by atoms with Crippen molar-refractivity contribution < 1.29 is 19.7 Å². The van der Waals surface area contributed by atoms with Crippen LogP contribution in [-0.4, -0.2) is 41.0 Å². The highest BCUT2D eigenvalue weighted by Crippen LogP contribution is 2.12. The van der Waals surface area contributed by atoms with E-state index >= 15 is 0 Å². The summed E-state index contributed by atoms with van der Waals surface area (Å²) in [5.41, 5.74) is 4.82. The van der Waals surface area contributed by atoms with Crippen molar-refractivity contribution in [3.63, 3.8) is 0 Å². The summed E-state index contributed by atoms with van der Waals surface area (Å²) in [6.07, 6.45) is -3.20. The molecule has 1 aliphatic rings. The molecular formula is C5H9NO4. The maximum absolute atomic E-state index is 10.4. The topological polar surface area (TPSA) is 92.8 Å². The molecule has 4 N–H and O–H groups in total. The number of nitrogens with two attached hydrogens (primary N) is 1. The molecule has 5 nitrogen and oxygen atoms in total. The van der Waals surface area contributed by atoms with E-state index in [1.807, 2.05) is 0 Å². The fourth-order valence-electron chi connectivity index (χ4n) is 0.852. The third-order valence-electron chi connectivity index (χ3n) is 1.43. The first-order chi connectivity index (χ1) is 4.63. The maximum atomic E-state index is 10.4. The zero-order valence-corrected chi connectivity index (χ0v) is 5.23. The van der Waals surface area contributed by atoms with E-state index in [0.29, 0.717) is 0 Å². The highest BCUT2D eigenvalue weighted by Gasteiger charge is 2.38. The Labute approximate surface area is 57.4 Å². The second kappa shape index (κ2) is 2.53. The number of amides is 1. The summed E-state index contributed by atoms with van der Waals surface area (Å²) in [6.45, 7) is -0.0330. The molecule has 10 heavy (non-hydrogen) atoms. The first-order valence-electron chi connectivity index (χ1n) is 2.90. The monoisotopic (exact) mass is 147 g/mol. The molecule has 0 saturated carbocycles. The number of hydrogen-bond donors (Lipinski definition) is 3. The lowest BCUT2D eigenvalue weighted by atomic mass is 10.1.